The molecular weight excluding hydrogens is 409 g/mol. The van der Waals surface area contributed by atoms with Gasteiger partial charge in [0.1, 0.15) is 4.90 Å². The van der Waals surface area contributed by atoms with E-state index in [4.69, 9.17) is 5.14 Å². The summed E-state index contributed by atoms with van der Waals surface area (Å²) in [5, 5.41) is 10.7. The summed E-state index contributed by atoms with van der Waals surface area (Å²) in [5.41, 5.74) is -5.89. The van der Waals surface area contributed by atoms with Crippen molar-refractivity contribution in [2.45, 2.75) is 21.7 Å². The Hall–Kier alpha value is -1.41. The molecule has 2 rings (SSSR count). The van der Waals surface area contributed by atoms with E-state index >= 15 is 0 Å². The van der Waals surface area contributed by atoms with Gasteiger partial charge in [0.15, 0.2) is 0 Å². The molecule has 154 valence electrons. The molecule has 0 bridgehead atoms. The fourth-order valence-corrected chi connectivity index (χ4v) is 4.21. The van der Waals surface area contributed by atoms with E-state index in [9.17, 15) is 30.0 Å². The van der Waals surface area contributed by atoms with Crippen LogP contribution < -0.4 is 15.8 Å². The van der Waals surface area contributed by atoms with Gasteiger partial charge < -0.3 is 15.5 Å². The third-order valence-corrected chi connectivity index (χ3v) is 6.49. The Morgan fingerprint density at radius 2 is 1.78 bits per heavy atom. The van der Waals surface area contributed by atoms with Gasteiger partial charge in [0, 0.05) is 32.7 Å². The molecule has 0 amide bonds. The largest absolute Gasteiger partial charge is 0.501 e. The molecule has 27 heavy (non-hydrogen) atoms. The van der Waals surface area contributed by atoms with Gasteiger partial charge >= 0.3 is 5.51 Å². The molecule has 1 aromatic rings. The molecule has 8 nitrogen and oxygen atoms in total. The van der Waals surface area contributed by atoms with Crippen molar-refractivity contribution in [2.24, 2.45) is 5.14 Å². The summed E-state index contributed by atoms with van der Waals surface area (Å²) in [7, 11) is -10.1. The van der Waals surface area contributed by atoms with Crippen LogP contribution in [-0.4, -0.2) is 66.5 Å². The van der Waals surface area contributed by atoms with Crippen molar-refractivity contribution in [3.05, 3.63) is 18.2 Å². The Morgan fingerprint density at radius 3 is 2.33 bits per heavy atom. The maximum Gasteiger partial charge on any atom is 0.501 e. The van der Waals surface area contributed by atoms with Gasteiger partial charge in [-0.2, -0.15) is 13.2 Å². The van der Waals surface area contributed by atoms with Gasteiger partial charge in [-0.25, -0.2) is 22.0 Å². The predicted molar refractivity (Wildman–Crippen MR) is 93.5 cm³/mol. The average Bonchev–Trinajstić information content (AvgIpc) is 2.57. The first kappa shape index (κ1) is 21.9. The van der Waals surface area contributed by atoms with Gasteiger partial charge in [0.05, 0.1) is 10.6 Å². The summed E-state index contributed by atoms with van der Waals surface area (Å²) in [4.78, 5) is 0.302. The van der Waals surface area contributed by atoms with E-state index in [2.05, 4.69) is 15.5 Å². The summed E-state index contributed by atoms with van der Waals surface area (Å²) in [6.07, 6.45) is 0.572. The fraction of sp³-hybridized carbons (Fsp3) is 0.571. The first-order valence-corrected chi connectivity index (χ1v) is 11.1. The number of sulfone groups is 1. The van der Waals surface area contributed by atoms with Crippen LogP contribution in [0.4, 0.5) is 18.9 Å². The summed E-state index contributed by atoms with van der Waals surface area (Å²) in [6, 6.07) is 2.36. The van der Waals surface area contributed by atoms with Gasteiger partial charge in [-0.05, 0) is 31.2 Å². The maximum atomic E-state index is 12.9. The Morgan fingerprint density at radius 1 is 1.15 bits per heavy atom. The highest BCUT2D eigenvalue weighted by Crippen LogP contribution is 2.35. The van der Waals surface area contributed by atoms with Crippen LogP contribution in [0.2, 0.25) is 0 Å². The Kier molecular flexibility index (Phi) is 6.73. The molecule has 1 fully saturated rings. The van der Waals surface area contributed by atoms with E-state index in [1.54, 1.807) is 0 Å². The van der Waals surface area contributed by atoms with Gasteiger partial charge in [-0.3, -0.25) is 0 Å². The molecule has 1 aromatic carbocycles. The molecular formula is C14H21F3N4O4S2. The number of nitrogens with zero attached hydrogens (tertiary/aromatic N) is 1. The predicted octanol–water partition coefficient (Wildman–Crippen LogP) is 0.335. The molecule has 13 heteroatoms. The van der Waals surface area contributed by atoms with Crippen LogP contribution in [0.1, 0.15) is 6.42 Å². The minimum Gasteiger partial charge on any atom is -0.384 e. The lowest BCUT2D eigenvalue weighted by atomic mass is 10.3. The molecule has 0 aromatic heterocycles. The number of anilines is 1. The van der Waals surface area contributed by atoms with Crippen molar-refractivity contribution in [1.82, 2.24) is 10.2 Å². The molecule has 1 saturated heterocycles. The Balaban J connectivity index is 2.19. The SMILES string of the molecule is NS(=O)(=O)c1ccc(NCCCN2CCNCC2)c(S(=O)(=O)C(F)(F)F)c1. The van der Waals surface area contributed by atoms with Crippen molar-refractivity contribution in [2.75, 3.05) is 44.6 Å². The minimum absolute atomic E-state index is 0.221. The summed E-state index contributed by atoms with van der Waals surface area (Å²) < 4.78 is 85.2. The molecule has 0 aliphatic carbocycles. The second-order valence-corrected chi connectivity index (χ2v) is 9.50. The number of halogens is 3. The quantitative estimate of drug-likeness (QED) is 0.533. The summed E-state index contributed by atoms with van der Waals surface area (Å²) >= 11 is 0. The van der Waals surface area contributed by atoms with Crippen LogP contribution in [0.5, 0.6) is 0 Å². The van der Waals surface area contributed by atoms with Crippen molar-refractivity contribution in [1.29, 1.82) is 0 Å². The minimum atomic E-state index is -5.75. The number of hydrogen-bond acceptors (Lipinski definition) is 7. The fourth-order valence-electron chi connectivity index (χ4n) is 2.63. The van der Waals surface area contributed by atoms with Crippen molar-refractivity contribution in [3.8, 4) is 0 Å². The molecule has 0 saturated carbocycles. The second-order valence-electron chi connectivity index (χ2n) is 6.02. The average molecular weight is 430 g/mol. The number of alkyl halides is 3. The van der Waals surface area contributed by atoms with Gasteiger partial charge in [0.2, 0.25) is 10.0 Å². The number of nitrogens with one attached hydrogen (secondary N) is 2. The molecule has 1 aliphatic heterocycles. The lowest BCUT2D eigenvalue weighted by Gasteiger charge is -2.27. The molecule has 0 unspecified atom stereocenters. The van der Waals surface area contributed by atoms with E-state index in [-0.39, 0.29) is 12.2 Å². The first-order chi connectivity index (χ1) is 12.4. The molecule has 0 atom stereocenters. The zero-order valence-electron chi connectivity index (χ0n) is 14.3. The highest BCUT2D eigenvalue weighted by atomic mass is 32.2. The molecule has 4 N–H and O–H groups in total. The molecule has 0 radical (unpaired) electrons. The number of primary sulfonamides is 1. The number of piperazine rings is 1. The first-order valence-electron chi connectivity index (χ1n) is 8.08. The van der Waals surface area contributed by atoms with E-state index in [1.165, 1.54) is 0 Å². The van der Waals surface area contributed by atoms with Gasteiger partial charge in [-0.15, -0.1) is 0 Å². The van der Waals surface area contributed by atoms with Crippen molar-refractivity contribution < 1.29 is 30.0 Å². The normalized spacial score (nSPS) is 17.0. The number of benzene rings is 1. The van der Waals surface area contributed by atoms with Crippen LogP contribution in [0.15, 0.2) is 28.0 Å². The van der Waals surface area contributed by atoms with Crippen LogP contribution in [-0.2, 0) is 19.9 Å². The topological polar surface area (TPSA) is 122 Å². The van der Waals surface area contributed by atoms with E-state index in [0.29, 0.717) is 19.0 Å². The van der Waals surface area contributed by atoms with E-state index < -0.39 is 35.2 Å². The van der Waals surface area contributed by atoms with Gasteiger partial charge in [-0.1, -0.05) is 0 Å². The molecule has 1 heterocycles. The highest BCUT2D eigenvalue weighted by molar-refractivity contribution is 7.92. The van der Waals surface area contributed by atoms with Crippen LogP contribution in [0, 0.1) is 0 Å². The summed E-state index contributed by atoms with van der Waals surface area (Å²) in [6.45, 7) is 4.35. The van der Waals surface area contributed by atoms with E-state index in [1.807, 2.05) is 0 Å². The third-order valence-electron chi connectivity index (χ3n) is 4.05. The standard InChI is InChI=1S/C14H21F3N4O4S2/c15-14(16,17)26(22,23)13-10-11(27(18,24)25)2-3-12(13)20-4-1-7-21-8-5-19-6-9-21/h2-3,10,19-20H,1,4-9H2,(H2,18,24,25). The zero-order chi connectivity index (χ0) is 20.3. The lowest BCUT2D eigenvalue weighted by molar-refractivity contribution is -0.0435. The van der Waals surface area contributed by atoms with Crippen molar-refractivity contribution in [3.63, 3.8) is 0 Å². The summed E-state index contributed by atoms with van der Waals surface area (Å²) in [5.74, 6) is 0. The third kappa shape index (κ3) is 5.54. The number of sulfonamides is 1. The van der Waals surface area contributed by atoms with Crippen LogP contribution in [0.3, 0.4) is 0 Å². The zero-order valence-corrected chi connectivity index (χ0v) is 15.9. The van der Waals surface area contributed by atoms with Gasteiger partial charge in [0.25, 0.3) is 9.84 Å². The number of hydrogen-bond donors (Lipinski definition) is 3. The maximum absolute atomic E-state index is 12.9. The van der Waals surface area contributed by atoms with Crippen molar-refractivity contribution >= 4 is 25.5 Å². The molecule has 1 aliphatic rings. The van der Waals surface area contributed by atoms with E-state index in [0.717, 1.165) is 38.3 Å². The Labute approximate surface area is 155 Å². The highest BCUT2D eigenvalue weighted by Gasteiger charge is 2.48. The number of rotatable bonds is 7. The monoisotopic (exact) mass is 430 g/mol. The number of nitrogens with two attached hydrogens (primary N) is 1. The Bertz CT molecular complexity index is 867. The molecule has 0 spiro atoms. The lowest BCUT2D eigenvalue weighted by Crippen LogP contribution is -2.44. The smallest absolute Gasteiger partial charge is 0.384 e. The second kappa shape index (κ2) is 8.31. The van der Waals surface area contributed by atoms with Crippen LogP contribution >= 0.6 is 0 Å². The van der Waals surface area contributed by atoms with Crippen LogP contribution in [0.25, 0.3) is 0 Å².